The highest BCUT2D eigenvalue weighted by molar-refractivity contribution is 4.96. The summed E-state index contributed by atoms with van der Waals surface area (Å²) in [5.74, 6) is 0. The van der Waals surface area contributed by atoms with Crippen LogP contribution in [0.15, 0.2) is 0 Å². The highest BCUT2D eigenvalue weighted by Gasteiger charge is 2.48. The summed E-state index contributed by atoms with van der Waals surface area (Å²) in [6.07, 6.45) is 4.39. The molecule has 2 heteroatoms. The zero-order chi connectivity index (χ0) is 7.19. The smallest absolute Gasteiger partial charge is 0.0848 e. The van der Waals surface area contributed by atoms with Crippen LogP contribution in [0.1, 0.15) is 26.2 Å². The van der Waals surface area contributed by atoms with E-state index in [0.29, 0.717) is 18.8 Å². The average molecular weight is 142 g/mol. The van der Waals surface area contributed by atoms with Gasteiger partial charge < -0.3 is 9.84 Å². The van der Waals surface area contributed by atoms with Gasteiger partial charge in [0.05, 0.1) is 12.2 Å². The molecule has 0 aromatic rings. The number of epoxide rings is 1. The number of ether oxygens (including phenoxy) is 1. The van der Waals surface area contributed by atoms with Crippen LogP contribution in [0.4, 0.5) is 0 Å². The molecular weight excluding hydrogens is 128 g/mol. The van der Waals surface area contributed by atoms with Gasteiger partial charge in [-0.25, -0.2) is 0 Å². The Bertz CT molecular complexity index is 146. The molecule has 1 saturated carbocycles. The Kier molecular flexibility index (Phi) is 1.29. The lowest BCUT2D eigenvalue weighted by Crippen LogP contribution is -2.28. The van der Waals surface area contributed by atoms with Gasteiger partial charge in [-0.15, -0.1) is 0 Å². The lowest BCUT2D eigenvalue weighted by atomic mass is 9.76. The van der Waals surface area contributed by atoms with Gasteiger partial charge in [0.25, 0.3) is 0 Å². The zero-order valence-electron chi connectivity index (χ0n) is 6.34. The minimum Gasteiger partial charge on any atom is -0.396 e. The summed E-state index contributed by atoms with van der Waals surface area (Å²) in [6, 6.07) is 0. The summed E-state index contributed by atoms with van der Waals surface area (Å²) in [4.78, 5) is 0. The van der Waals surface area contributed by atoms with Crippen LogP contribution in [0.5, 0.6) is 0 Å². The molecule has 2 aliphatic rings. The van der Waals surface area contributed by atoms with Crippen LogP contribution in [-0.2, 0) is 4.74 Å². The van der Waals surface area contributed by atoms with E-state index in [-0.39, 0.29) is 5.41 Å². The molecule has 3 atom stereocenters. The number of hydrogen-bond acceptors (Lipinski definition) is 2. The van der Waals surface area contributed by atoms with E-state index >= 15 is 0 Å². The van der Waals surface area contributed by atoms with Crippen molar-refractivity contribution < 1.29 is 9.84 Å². The first-order chi connectivity index (χ1) is 4.73. The van der Waals surface area contributed by atoms with Gasteiger partial charge in [-0.2, -0.15) is 0 Å². The van der Waals surface area contributed by atoms with Gasteiger partial charge in [-0.05, 0) is 24.7 Å². The Morgan fingerprint density at radius 1 is 1.60 bits per heavy atom. The quantitative estimate of drug-likeness (QED) is 0.552. The zero-order valence-corrected chi connectivity index (χ0v) is 6.34. The van der Waals surface area contributed by atoms with Crippen LogP contribution in [0.25, 0.3) is 0 Å². The maximum Gasteiger partial charge on any atom is 0.0848 e. The average Bonchev–Trinajstić information content (AvgIpc) is 2.66. The summed E-state index contributed by atoms with van der Waals surface area (Å²) in [7, 11) is 0. The van der Waals surface area contributed by atoms with Crippen molar-refractivity contribution in [2.75, 3.05) is 6.61 Å². The fraction of sp³-hybridized carbons (Fsp3) is 1.00. The predicted octanol–water partition coefficient (Wildman–Crippen LogP) is 0.936. The van der Waals surface area contributed by atoms with E-state index in [1.807, 2.05) is 0 Å². The second-order valence-corrected chi connectivity index (χ2v) is 3.92. The van der Waals surface area contributed by atoms with Crippen molar-refractivity contribution >= 4 is 0 Å². The number of fused-ring (bicyclic) bond motifs is 1. The van der Waals surface area contributed by atoms with Crippen LogP contribution in [0.2, 0.25) is 0 Å². The second-order valence-electron chi connectivity index (χ2n) is 3.92. The first-order valence-corrected chi connectivity index (χ1v) is 4.00. The lowest BCUT2D eigenvalue weighted by molar-refractivity contribution is 0.108. The fourth-order valence-corrected chi connectivity index (χ4v) is 1.83. The largest absolute Gasteiger partial charge is 0.396 e. The Hall–Kier alpha value is -0.0800. The van der Waals surface area contributed by atoms with Crippen LogP contribution in [0.3, 0.4) is 0 Å². The van der Waals surface area contributed by atoms with Gasteiger partial charge in [0, 0.05) is 6.61 Å². The molecule has 3 unspecified atom stereocenters. The second kappa shape index (κ2) is 1.95. The molecule has 1 aliphatic heterocycles. The van der Waals surface area contributed by atoms with Crippen LogP contribution < -0.4 is 0 Å². The molecule has 0 spiro atoms. The van der Waals surface area contributed by atoms with E-state index in [9.17, 15) is 0 Å². The van der Waals surface area contributed by atoms with Gasteiger partial charge in [-0.1, -0.05) is 6.92 Å². The molecule has 1 saturated heterocycles. The van der Waals surface area contributed by atoms with Crippen molar-refractivity contribution in [1.82, 2.24) is 0 Å². The summed E-state index contributed by atoms with van der Waals surface area (Å²) >= 11 is 0. The van der Waals surface area contributed by atoms with Crippen molar-refractivity contribution in [3.8, 4) is 0 Å². The molecule has 10 heavy (non-hydrogen) atoms. The van der Waals surface area contributed by atoms with E-state index in [0.717, 1.165) is 19.3 Å². The molecule has 58 valence electrons. The first-order valence-electron chi connectivity index (χ1n) is 4.00. The van der Waals surface area contributed by atoms with E-state index < -0.39 is 0 Å². The minimum atomic E-state index is 0.164. The Balaban J connectivity index is 1.98. The minimum absolute atomic E-state index is 0.164. The molecule has 1 N–H and O–H groups in total. The monoisotopic (exact) mass is 142 g/mol. The SMILES string of the molecule is CC1(CO)CCC2OC2C1. The molecule has 1 heterocycles. The third-order valence-corrected chi connectivity index (χ3v) is 2.80. The molecule has 2 rings (SSSR count). The summed E-state index contributed by atoms with van der Waals surface area (Å²) in [5.41, 5.74) is 0.164. The molecule has 2 fully saturated rings. The Labute approximate surface area is 61.2 Å². The topological polar surface area (TPSA) is 32.8 Å². The molecule has 0 bridgehead atoms. The molecule has 0 aromatic heterocycles. The Morgan fingerprint density at radius 3 is 3.00 bits per heavy atom. The van der Waals surface area contributed by atoms with Crippen molar-refractivity contribution in [3.05, 3.63) is 0 Å². The van der Waals surface area contributed by atoms with Crippen molar-refractivity contribution in [2.24, 2.45) is 5.41 Å². The summed E-state index contributed by atoms with van der Waals surface area (Å²) in [5, 5.41) is 9.03. The highest BCUT2D eigenvalue weighted by Crippen LogP contribution is 2.45. The van der Waals surface area contributed by atoms with Gasteiger partial charge in [0.15, 0.2) is 0 Å². The van der Waals surface area contributed by atoms with Gasteiger partial charge in [0.1, 0.15) is 0 Å². The molecule has 1 aliphatic carbocycles. The number of aliphatic hydroxyl groups is 1. The lowest BCUT2D eigenvalue weighted by Gasteiger charge is -2.28. The normalized spacial score (nSPS) is 52.2. The number of rotatable bonds is 1. The van der Waals surface area contributed by atoms with Gasteiger partial charge in [0.2, 0.25) is 0 Å². The van der Waals surface area contributed by atoms with Gasteiger partial charge >= 0.3 is 0 Å². The number of hydrogen-bond donors (Lipinski definition) is 1. The fourth-order valence-electron chi connectivity index (χ4n) is 1.83. The maximum atomic E-state index is 9.03. The molecular formula is C8H14O2. The maximum absolute atomic E-state index is 9.03. The van der Waals surface area contributed by atoms with E-state index in [1.165, 1.54) is 0 Å². The van der Waals surface area contributed by atoms with Crippen molar-refractivity contribution in [1.29, 1.82) is 0 Å². The van der Waals surface area contributed by atoms with Crippen LogP contribution in [0, 0.1) is 5.41 Å². The van der Waals surface area contributed by atoms with Crippen molar-refractivity contribution in [2.45, 2.75) is 38.4 Å². The number of aliphatic hydroxyl groups excluding tert-OH is 1. The van der Waals surface area contributed by atoms with Crippen LogP contribution in [-0.4, -0.2) is 23.9 Å². The van der Waals surface area contributed by atoms with E-state index in [4.69, 9.17) is 9.84 Å². The van der Waals surface area contributed by atoms with Gasteiger partial charge in [-0.3, -0.25) is 0 Å². The van der Waals surface area contributed by atoms with E-state index in [2.05, 4.69) is 6.92 Å². The molecule has 0 radical (unpaired) electrons. The molecule has 2 nitrogen and oxygen atoms in total. The highest BCUT2D eigenvalue weighted by atomic mass is 16.6. The summed E-state index contributed by atoms with van der Waals surface area (Å²) in [6.45, 7) is 2.46. The predicted molar refractivity (Wildman–Crippen MR) is 37.7 cm³/mol. The third-order valence-electron chi connectivity index (χ3n) is 2.80. The van der Waals surface area contributed by atoms with Crippen molar-refractivity contribution in [3.63, 3.8) is 0 Å². The molecule has 0 aromatic carbocycles. The van der Waals surface area contributed by atoms with Crippen LogP contribution >= 0.6 is 0 Å². The first kappa shape index (κ1) is 6.62. The van der Waals surface area contributed by atoms with E-state index in [1.54, 1.807) is 0 Å². The standard InChI is InChI=1S/C8H14O2/c1-8(5-9)3-2-6-7(4-8)10-6/h6-7,9H,2-5H2,1H3. The Morgan fingerprint density at radius 2 is 2.40 bits per heavy atom. The third kappa shape index (κ3) is 0.956. The summed E-state index contributed by atoms with van der Waals surface area (Å²) < 4.78 is 5.36. The molecule has 0 amide bonds.